The van der Waals surface area contributed by atoms with Gasteiger partial charge < -0.3 is 15.6 Å². The molecule has 0 amide bonds. The van der Waals surface area contributed by atoms with Crippen LogP contribution in [0.3, 0.4) is 0 Å². The second-order valence-electron chi connectivity index (χ2n) is 5.92. The van der Waals surface area contributed by atoms with E-state index in [0.29, 0.717) is 13.1 Å². The van der Waals surface area contributed by atoms with E-state index in [-0.39, 0.29) is 24.0 Å². The van der Waals surface area contributed by atoms with Gasteiger partial charge in [-0.25, -0.2) is 4.99 Å². The molecule has 0 saturated carbocycles. The Bertz CT molecular complexity index is 788. The Kier molecular flexibility index (Phi) is 7.31. The number of rotatable bonds is 5. The van der Waals surface area contributed by atoms with Gasteiger partial charge in [-0.3, -0.25) is 0 Å². The standard InChI is InChI=1S/C20H24N4.HI/c1-3-21-20(22-13-16-10-8-15(2)9-11-16)23-14-18-12-17-6-4-5-7-19(17)24-18;/h4-12,24H,3,13-14H2,1-2H3,(H2,21,22,23);1H. The number of para-hydroxylation sites is 1. The van der Waals surface area contributed by atoms with Crippen molar-refractivity contribution in [3.63, 3.8) is 0 Å². The molecular formula is C20H25IN4. The van der Waals surface area contributed by atoms with Crippen LogP contribution in [-0.2, 0) is 13.1 Å². The van der Waals surface area contributed by atoms with Gasteiger partial charge in [-0.2, -0.15) is 0 Å². The fourth-order valence-electron chi connectivity index (χ4n) is 2.61. The molecule has 4 nitrogen and oxygen atoms in total. The predicted octanol–water partition coefficient (Wildman–Crippen LogP) is 4.35. The third-order valence-electron chi connectivity index (χ3n) is 3.92. The minimum absolute atomic E-state index is 0. The maximum absolute atomic E-state index is 4.66. The zero-order valence-corrected chi connectivity index (χ0v) is 17.0. The van der Waals surface area contributed by atoms with Crippen molar-refractivity contribution in [1.82, 2.24) is 15.6 Å². The minimum Gasteiger partial charge on any atom is -0.357 e. The smallest absolute Gasteiger partial charge is 0.191 e. The average molecular weight is 448 g/mol. The van der Waals surface area contributed by atoms with E-state index in [1.54, 1.807) is 0 Å². The molecule has 0 aliphatic heterocycles. The number of benzene rings is 2. The molecule has 0 fully saturated rings. The fourth-order valence-corrected chi connectivity index (χ4v) is 2.61. The third-order valence-corrected chi connectivity index (χ3v) is 3.92. The Balaban J connectivity index is 0.00000225. The number of aryl methyl sites for hydroxylation is 1. The fraction of sp³-hybridized carbons (Fsp3) is 0.250. The Morgan fingerprint density at radius 2 is 1.80 bits per heavy atom. The summed E-state index contributed by atoms with van der Waals surface area (Å²) in [5.41, 5.74) is 4.79. The van der Waals surface area contributed by atoms with Crippen LogP contribution in [0.5, 0.6) is 0 Å². The Hall–Kier alpha value is -2.02. The number of aliphatic imine (C=N–C) groups is 1. The number of hydrogen-bond donors (Lipinski definition) is 3. The summed E-state index contributed by atoms with van der Waals surface area (Å²) in [6.07, 6.45) is 0. The number of aromatic amines is 1. The summed E-state index contributed by atoms with van der Waals surface area (Å²) in [5, 5.41) is 7.91. The number of H-pyrrole nitrogens is 1. The summed E-state index contributed by atoms with van der Waals surface area (Å²) in [6, 6.07) is 19.0. The van der Waals surface area contributed by atoms with Crippen molar-refractivity contribution in [2.24, 2.45) is 4.99 Å². The Labute approximate surface area is 166 Å². The molecule has 3 rings (SSSR count). The van der Waals surface area contributed by atoms with Gasteiger partial charge in [0.05, 0.1) is 13.1 Å². The first-order chi connectivity index (χ1) is 11.7. The summed E-state index contributed by atoms with van der Waals surface area (Å²) < 4.78 is 0. The van der Waals surface area contributed by atoms with E-state index < -0.39 is 0 Å². The summed E-state index contributed by atoms with van der Waals surface area (Å²) in [6.45, 7) is 6.40. The Morgan fingerprint density at radius 3 is 2.52 bits per heavy atom. The van der Waals surface area contributed by atoms with Crippen LogP contribution in [0.2, 0.25) is 0 Å². The molecule has 1 aromatic heterocycles. The number of nitrogens with zero attached hydrogens (tertiary/aromatic N) is 1. The highest BCUT2D eigenvalue weighted by molar-refractivity contribution is 14.0. The number of hydrogen-bond acceptors (Lipinski definition) is 1. The van der Waals surface area contributed by atoms with E-state index in [0.717, 1.165) is 23.7 Å². The average Bonchev–Trinajstić information content (AvgIpc) is 3.02. The van der Waals surface area contributed by atoms with Crippen molar-refractivity contribution in [3.8, 4) is 0 Å². The van der Waals surface area contributed by atoms with Crippen molar-refractivity contribution >= 4 is 40.8 Å². The molecule has 0 unspecified atom stereocenters. The van der Waals surface area contributed by atoms with Crippen LogP contribution in [0.15, 0.2) is 59.6 Å². The molecule has 132 valence electrons. The van der Waals surface area contributed by atoms with E-state index >= 15 is 0 Å². The van der Waals surface area contributed by atoms with Crippen LogP contribution >= 0.6 is 24.0 Å². The van der Waals surface area contributed by atoms with E-state index in [1.165, 1.54) is 16.5 Å². The van der Waals surface area contributed by atoms with Crippen LogP contribution in [-0.4, -0.2) is 17.5 Å². The lowest BCUT2D eigenvalue weighted by Gasteiger charge is -2.10. The summed E-state index contributed by atoms with van der Waals surface area (Å²) in [4.78, 5) is 8.09. The second kappa shape index (κ2) is 9.46. The van der Waals surface area contributed by atoms with E-state index in [4.69, 9.17) is 0 Å². The molecule has 0 atom stereocenters. The molecule has 0 radical (unpaired) electrons. The SMILES string of the molecule is CCNC(=NCc1ccc(C)cc1)NCc1cc2ccccc2[nH]1.I. The molecule has 1 heterocycles. The van der Waals surface area contributed by atoms with E-state index in [2.05, 4.69) is 83.0 Å². The number of guanidine groups is 1. The molecule has 0 saturated heterocycles. The first-order valence-corrected chi connectivity index (χ1v) is 8.39. The number of nitrogens with one attached hydrogen (secondary N) is 3. The molecule has 3 aromatic rings. The predicted molar refractivity (Wildman–Crippen MR) is 117 cm³/mol. The van der Waals surface area contributed by atoms with Crippen LogP contribution in [0.25, 0.3) is 10.9 Å². The topological polar surface area (TPSA) is 52.2 Å². The van der Waals surface area contributed by atoms with Crippen LogP contribution < -0.4 is 10.6 Å². The molecule has 0 aliphatic carbocycles. The zero-order valence-electron chi connectivity index (χ0n) is 14.7. The summed E-state index contributed by atoms with van der Waals surface area (Å²) >= 11 is 0. The number of halogens is 1. The summed E-state index contributed by atoms with van der Waals surface area (Å²) in [7, 11) is 0. The zero-order chi connectivity index (χ0) is 16.8. The molecule has 2 aromatic carbocycles. The largest absolute Gasteiger partial charge is 0.357 e. The van der Waals surface area contributed by atoms with Crippen molar-refractivity contribution < 1.29 is 0 Å². The molecule has 0 aliphatic rings. The van der Waals surface area contributed by atoms with Crippen molar-refractivity contribution in [3.05, 3.63) is 71.4 Å². The first kappa shape index (κ1) is 19.3. The van der Waals surface area contributed by atoms with Gasteiger partial charge >= 0.3 is 0 Å². The highest BCUT2D eigenvalue weighted by Gasteiger charge is 2.02. The molecule has 5 heteroatoms. The molecular weight excluding hydrogens is 423 g/mol. The Morgan fingerprint density at radius 1 is 1.04 bits per heavy atom. The van der Waals surface area contributed by atoms with Gasteiger partial charge in [0.25, 0.3) is 0 Å². The highest BCUT2D eigenvalue weighted by atomic mass is 127. The lowest BCUT2D eigenvalue weighted by Crippen LogP contribution is -2.36. The van der Waals surface area contributed by atoms with Crippen molar-refractivity contribution in [2.45, 2.75) is 26.9 Å². The van der Waals surface area contributed by atoms with Gasteiger partial charge in [0.1, 0.15) is 0 Å². The lowest BCUT2D eigenvalue weighted by atomic mass is 10.1. The van der Waals surface area contributed by atoms with E-state index in [1.807, 2.05) is 6.07 Å². The van der Waals surface area contributed by atoms with Crippen LogP contribution in [0, 0.1) is 6.92 Å². The normalized spacial score (nSPS) is 11.2. The van der Waals surface area contributed by atoms with Gasteiger partial charge in [0, 0.05) is 17.8 Å². The van der Waals surface area contributed by atoms with Gasteiger partial charge in [0.15, 0.2) is 5.96 Å². The van der Waals surface area contributed by atoms with Gasteiger partial charge in [-0.15, -0.1) is 24.0 Å². The van der Waals surface area contributed by atoms with Gasteiger partial charge in [0.2, 0.25) is 0 Å². The molecule has 25 heavy (non-hydrogen) atoms. The third kappa shape index (κ3) is 5.49. The quantitative estimate of drug-likeness (QED) is 0.309. The number of aromatic nitrogens is 1. The maximum atomic E-state index is 4.66. The van der Waals surface area contributed by atoms with Gasteiger partial charge in [-0.05, 0) is 36.9 Å². The second-order valence-corrected chi connectivity index (χ2v) is 5.92. The van der Waals surface area contributed by atoms with E-state index in [9.17, 15) is 0 Å². The monoisotopic (exact) mass is 448 g/mol. The van der Waals surface area contributed by atoms with Gasteiger partial charge in [-0.1, -0.05) is 48.0 Å². The minimum atomic E-state index is 0. The molecule has 0 spiro atoms. The van der Waals surface area contributed by atoms with Crippen molar-refractivity contribution in [1.29, 1.82) is 0 Å². The molecule has 0 bridgehead atoms. The number of fused-ring (bicyclic) bond motifs is 1. The highest BCUT2D eigenvalue weighted by Crippen LogP contribution is 2.14. The van der Waals surface area contributed by atoms with Crippen LogP contribution in [0.1, 0.15) is 23.7 Å². The molecule has 3 N–H and O–H groups in total. The van der Waals surface area contributed by atoms with Crippen LogP contribution in [0.4, 0.5) is 0 Å². The first-order valence-electron chi connectivity index (χ1n) is 8.39. The summed E-state index contributed by atoms with van der Waals surface area (Å²) in [5.74, 6) is 0.830. The van der Waals surface area contributed by atoms with Crippen molar-refractivity contribution in [2.75, 3.05) is 6.54 Å². The lowest BCUT2D eigenvalue weighted by molar-refractivity contribution is 0.805. The maximum Gasteiger partial charge on any atom is 0.191 e.